The van der Waals surface area contributed by atoms with Crippen molar-refractivity contribution in [1.29, 1.82) is 0 Å². The van der Waals surface area contributed by atoms with E-state index in [1.165, 1.54) is 12.1 Å². The molecule has 30 heavy (non-hydrogen) atoms. The van der Waals surface area contributed by atoms with Crippen LogP contribution in [0.2, 0.25) is 0 Å². The molecule has 1 aromatic heterocycles. The predicted molar refractivity (Wildman–Crippen MR) is 116 cm³/mol. The Bertz CT molecular complexity index is 1180. The number of hydrogen-bond donors (Lipinski definition) is 1. The highest BCUT2D eigenvalue weighted by Gasteiger charge is 2.31. The molecule has 0 bridgehead atoms. The highest BCUT2D eigenvalue weighted by atomic mass is 32.2. The van der Waals surface area contributed by atoms with Gasteiger partial charge in [0.15, 0.2) is 4.90 Å². The maximum atomic E-state index is 13.2. The maximum Gasteiger partial charge on any atom is 0.359 e. The minimum absolute atomic E-state index is 0.00618. The maximum absolute atomic E-state index is 13.2. The fraction of sp³-hybridized carbons (Fsp3) is 0.292. The van der Waals surface area contributed by atoms with Crippen LogP contribution >= 0.6 is 0 Å². The van der Waals surface area contributed by atoms with Crippen LogP contribution in [0.25, 0.3) is 0 Å². The van der Waals surface area contributed by atoms with Gasteiger partial charge in [-0.1, -0.05) is 69.3 Å². The van der Waals surface area contributed by atoms with Gasteiger partial charge in [0.25, 0.3) is 0 Å². The highest BCUT2D eigenvalue weighted by molar-refractivity contribution is 7.91. The first-order chi connectivity index (χ1) is 14.3. The first-order valence-electron chi connectivity index (χ1n) is 10.0. The minimum atomic E-state index is -4.24. The van der Waals surface area contributed by atoms with Gasteiger partial charge in [0.2, 0.25) is 9.84 Å². The SMILES string of the molecule is CCC(Cc1ccccc1)c1cc(O)c(S(=O)(=O)c2ccccc2C(C)C)c(=O)o1. The number of benzene rings is 2. The van der Waals surface area contributed by atoms with E-state index >= 15 is 0 Å². The van der Waals surface area contributed by atoms with E-state index < -0.39 is 26.1 Å². The summed E-state index contributed by atoms with van der Waals surface area (Å²) in [6.45, 7) is 5.69. The molecule has 0 aliphatic rings. The lowest BCUT2D eigenvalue weighted by Crippen LogP contribution is -2.18. The Morgan fingerprint density at radius 3 is 2.23 bits per heavy atom. The quantitative estimate of drug-likeness (QED) is 0.572. The molecule has 0 radical (unpaired) electrons. The number of hydrogen-bond acceptors (Lipinski definition) is 5. The lowest BCUT2D eigenvalue weighted by Gasteiger charge is -2.16. The van der Waals surface area contributed by atoms with E-state index in [0.717, 1.165) is 5.56 Å². The van der Waals surface area contributed by atoms with Crippen LogP contribution < -0.4 is 5.63 Å². The third-order valence-corrected chi connectivity index (χ3v) is 7.09. The Labute approximate surface area is 176 Å². The van der Waals surface area contributed by atoms with Crippen molar-refractivity contribution in [1.82, 2.24) is 0 Å². The molecule has 3 aromatic rings. The summed E-state index contributed by atoms with van der Waals surface area (Å²) in [5.41, 5.74) is 0.597. The molecule has 1 atom stereocenters. The molecule has 1 N–H and O–H groups in total. The van der Waals surface area contributed by atoms with E-state index in [1.807, 2.05) is 51.1 Å². The van der Waals surface area contributed by atoms with E-state index in [1.54, 1.807) is 18.2 Å². The lowest BCUT2D eigenvalue weighted by atomic mass is 9.94. The number of sulfone groups is 1. The second-order valence-corrected chi connectivity index (χ2v) is 9.50. The molecular weight excluding hydrogens is 400 g/mol. The van der Waals surface area contributed by atoms with Crippen molar-refractivity contribution in [2.45, 2.75) is 55.2 Å². The third kappa shape index (κ3) is 4.33. The van der Waals surface area contributed by atoms with Gasteiger partial charge in [-0.2, -0.15) is 0 Å². The lowest BCUT2D eigenvalue weighted by molar-refractivity contribution is 0.374. The van der Waals surface area contributed by atoms with Gasteiger partial charge in [-0.15, -0.1) is 0 Å². The van der Waals surface area contributed by atoms with Crippen molar-refractivity contribution >= 4 is 9.84 Å². The van der Waals surface area contributed by atoms with E-state index in [-0.39, 0.29) is 22.5 Å². The smallest absolute Gasteiger partial charge is 0.359 e. The van der Waals surface area contributed by atoms with Crippen molar-refractivity contribution in [3.63, 3.8) is 0 Å². The van der Waals surface area contributed by atoms with Crippen LogP contribution in [0.3, 0.4) is 0 Å². The molecule has 0 amide bonds. The van der Waals surface area contributed by atoms with Crippen LogP contribution in [0.5, 0.6) is 5.75 Å². The van der Waals surface area contributed by atoms with Crippen LogP contribution in [-0.2, 0) is 16.3 Å². The van der Waals surface area contributed by atoms with Gasteiger partial charge in [-0.05, 0) is 36.0 Å². The van der Waals surface area contributed by atoms with Crippen molar-refractivity contribution in [2.24, 2.45) is 0 Å². The zero-order chi connectivity index (χ0) is 21.9. The minimum Gasteiger partial charge on any atom is -0.506 e. The van der Waals surface area contributed by atoms with Crippen LogP contribution in [-0.4, -0.2) is 13.5 Å². The summed E-state index contributed by atoms with van der Waals surface area (Å²) < 4.78 is 31.9. The standard InChI is InChI=1S/C24H26O5S/c1-4-18(14-17-10-6-5-7-11-17)21-15-20(25)23(24(26)29-21)30(27,28)22-13-9-8-12-19(22)16(2)3/h5-13,15-16,18,25H,4,14H2,1-3H3. The molecule has 1 heterocycles. The summed E-state index contributed by atoms with van der Waals surface area (Å²) in [5, 5.41) is 10.6. The summed E-state index contributed by atoms with van der Waals surface area (Å²) in [6.07, 6.45) is 1.28. The predicted octanol–water partition coefficient (Wildman–Crippen LogP) is 5.04. The van der Waals surface area contributed by atoms with Gasteiger partial charge in [0.05, 0.1) is 4.90 Å². The third-order valence-electron chi connectivity index (χ3n) is 5.23. The Hall–Kier alpha value is -2.86. The Balaban J connectivity index is 2.06. The Morgan fingerprint density at radius 2 is 1.63 bits per heavy atom. The molecule has 1 unspecified atom stereocenters. The second kappa shape index (κ2) is 8.88. The fourth-order valence-electron chi connectivity index (χ4n) is 3.59. The van der Waals surface area contributed by atoms with Gasteiger partial charge < -0.3 is 9.52 Å². The monoisotopic (exact) mass is 426 g/mol. The van der Waals surface area contributed by atoms with E-state index in [9.17, 15) is 18.3 Å². The summed E-state index contributed by atoms with van der Waals surface area (Å²) in [4.78, 5) is 12.0. The van der Waals surface area contributed by atoms with E-state index in [4.69, 9.17) is 4.42 Å². The first-order valence-corrected chi connectivity index (χ1v) is 11.5. The second-order valence-electron chi connectivity index (χ2n) is 7.64. The number of aromatic hydroxyl groups is 1. The average Bonchev–Trinajstić information content (AvgIpc) is 2.72. The van der Waals surface area contributed by atoms with Crippen molar-refractivity contribution in [3.8, 4) is 5.75 Å². The normalized spacial score (nSPS) is 12.8. The van der Waals surface area contributed by atoms with Gasteiger partial charge in [0.1, 0.15) is 11.5 Å². The molecule has 0 saturated heterocycles. The molecular formula is C24H26O5S. The molecule has 0 spiro atoms. The van der Waals surface area contributed by atoms with Crippen molar-refractivity contribution < 1.29 is 17.9 Å². The summed E-state index contributed by atoms with van der Waals surface area (Å²) in [5.74, 6) is -0.531. The molecule has 0 aliphatic carbocycles. The fourth-order valence-corrected chi connectivity index (χ4v) is 5.28. The summed E-state index contributed by atoms with van der Waals surface area (Å²) in [7, 11) is -4.24. The molecule has 2 aromatic carbocycles. The molecule has 6 heteroatoms. The van der Waals surface area contributed by atoms with Gasteiger partial charge in [-0.3, -0.25) is 0 Å². The Morgan fingerprint density at radius 1 is 1.00 bits per heavy atom. The molecule has 3 rings (SSSR count). The first kappa shape index (κ1) is 21.8. The van der Waals surface area contributed by atoms with Crippen molar-refractivity contribution in [3.05, 3.63) is 88.0 Å². The average molecular weight is 427 g/mol. The molecule has 0 saturated carbocycles. The zero-order valence-electron chi connectivity index (χ0n) is 17.3. The highest BCUT2D eigenvalue weighted by Crippen LogP contribution is 2.33. The Kier molecular flexibility index (Phi) is 6.46. The van der Waals surface area contributed by atoms with Gasteiger partial charge in [-0.25, -0.2) is 13.2 Å². The molecule has 0 fully saturated rings. The topological polar surface area (TPSA) is 84.6 Å². The largest absolute Gasteiger partial charge is 0.506 e. The molecule has 158 valence electrons. The zero-order valence-corrected chi connectivity index (χ0v) is 18.1. The molecule has 5 nitrogen and oxygen atoms in total. The van der Waals surface area contributed by atoms with E-state index in [0.29, 0.717) is 18.4 Å². The summed E-state index contributed by atoms with van der Waals surface area (Å²) >= 11 is 0. The van der Waals surface area contributed by atoms with Gasteiger partial charge in [0, 0.05) is 12.0 Å². The molecule has 0 aliphatic heterocycles. The van der Waals surface area contributed by atoms with Crippen LogP contribution in [0, 0.1) is 0 Å². The summed E-state index contributed by atoms with van der Waals surface area (Å²) in [6, 6.07) is 17.5. The van der Waals surface area contributed by atoms with Crippen molar-refractivity contribution in [2.75, 3.05) is 0 Å². The van der Waals surface area contributed by atoms with Gasteiger partial charge >= 0.3 is 5.63 Å². The van der Waals surface area contributed by atoms with E-state index in [2.05, 4.69) is 0 Å². The number of rotatable bonds is 7. The van der Waals surface area contributed by atoms with Crippen LogP contribution in [0.1, 0.15) is 55.9 Å². The van der Waals surface area contributed by atoms with Crippen LogP contribution in [0.4, 0.5) is 0 Å². The van der Waals surface area contributed by atoms with Crippen LogP contribution in [0.15, 0.2) is 79.7 Å².